The fraction of sp³-hybridized carbons (Fsp3) is 0.548. The Balaban J connectivity index is 1.34. The first-order valence-corrected chi connectivity index (χ1v) is 15.4. The third-order valence-corrected chi connectivity index (χ3v) is 9.70. The zero-order chi connectivity index (χ0) is 27.7. The summed E-state index contributed by atoms with van der Waals surface area (Å²) in [5.74, 6) is 0.415. The first-order chi connectivity index (χ1) is 18.7. The number of benzene rings is 1. The maximum Gasteiger partial charge on any atom is 0.254 e. The molecule has 3 N–H and O–H groups in total. The monoisotopic (exact) mass is 550 g/mol. The van der Waals surface area contributed by atoms with E-state index >= 15 is 0 Å². The van der Waals surface area contributed by atoms with Crippen LogP contribution in [0.15, 0.2) is 40.0 Å². The number of H-pyrrole nitrogens is 1. The number of carbonyl (C=O) groups is 1. The van der Waals surface area contributed by atoms with E-state index in [1.54, 1.807) is 0 Å². The fourth-order valence-corrected chi connectivity index (χ4v) is 7.43. The minimum Gasteiger partial charge on any atom is -0.379 e. The number of para-hydroxylation sites is 1. The minimum absolute atomic E-state index is 0.110. The molecule has 2 aromatic heterocycles. The van der Waals surface area contributed by atoms with Gasteiger partial charge in [0.1, 0.15) is 0 Å². The van der Waals surface area contributed by atoms with Crippen LogP contribution in [0, 0.1) is 19.8 Å². The third-order valence-electron chi connectivity index (χ3n) is 8.89. The summed E-state index contributed by atoms with van der Waals surface area (Å²) in [7, 11) is 0. The Morgan fingerprint density at radius 3 is 2.67 bits per heavy atom. The number of thioether (sulfide) groups is 1. The highest BCUT2D eigenvalue weighted by Gasteiger charge is 2.35. The van der Waals surface area contributed by atoms with Crippen molar-refractivity contribution < 1.29 is 9.53 Å². The van der Waals surface area contributed by atoms with Crippen molar-refractivity contribution in [3.8, 4) is 0 Å². The van der Waals surface area contributed by atoms with Gasteiger partial charge in [-0.1, -0.05) is 18.2 Å². The number of fused-ring (bicyclic) bond motifs is 1. The lowest BCUT2D eigenvalue weighted by atomic mass is 9.81. The van der Waals surface area contributed by atoms with Crippen molar-refractivity contribution in [3.63, 3.8) is 0 Å². The molecule has 210 valence electrons. The van der Waals surface area contributed by atoms with Gasteiger partial charge in [0.25, 0.3) is 11.5 Å². The number of ether oxygens (including phenoxy) is 1. The number of aromatic amines is 1. The molecule has 0 radical (unpaired) electrons. The molecule has 1 aromatic carbocycles. The molecule has 0 spiro atoms. The molecule has 1 saturated carbocycles. The van der Waals surface area contributed by atoms with Crippen LogP contribution in [0.3, 0.4) is 0 Å². The highest BCUT2D eigenvalue weighted by Crippen LogP contribution is 2.38. The van der Waals surface area contributed by atoms with Gasteiger partial charge in [-0.2, -0.15) is 0 Å². The number of rotatable bonds is 8. The summed E-state index contributed by atoms with van der Waals surface area (Å²) >= 11 is 1.52. The van der Waals surface area contributed by atoms with Crippen molar-refractivity contribution in [1.29, 1.82) is 0 Å². The molecular formula is C31H42N4O3S. The van der Waals surface area contributed by atoms with Gasteiger partial charge in [-0.15, -0.1) is 11.8 Å². The van der Waals surface area contributed by atoms with E-state index in [0.29, 0.717) is 23.1 Å². The van der Waals surface area contributed by atoms with Gasteiger partial charge in [-0.3, -0.25) is 9.59 Å². The summed E-state index contributed by atoms with van der Waals surface area (Å²) in [6.07, 6.45) is 7.69. The lowest BCUT2D eigenvalue weighted by Gasteiger charge is -2.37. The standard InChI is InChI=1S/C31H42N4O3S/c1-19-16-27(39-5)25(29(36)33-19)17-32-30(37)28-21(3)35(26-9-7-6-8-24(26)28)20(2)22-10-12-23(13-11-22)34-31(4)14-15-38-18-31/h6-9,16,20,22-23,34H,10-15,17-18H2,1-5H3,(H,32,37)(H,33,36)/t20-,22?,23?,31?/m1/s1. The van der Waals surface area contributed by atoms with Gasteiger partial charge in [0.15, 0.2) is 0 Å². The van der Waals surface area contributed by atoms with Gasteiger partial charge in [0, 0.05) is 63.5 Å². The van der Waals surface area contributed by atoms with E-state index in [2.05, 4.69) is 53.1 Å². The quantitative estimate of drug-likeness (QED) is 0.323. The number of aryl methyl sites for hydroxylation is 1. The summed E-state index contributed by atoms with van der Waals surface area (Å²) < 4.78 is 8.02. The van der Waals surface area contributed by atoms with Crippen LogP contribution in [0.25, 0.3) is 10.9 Å². The Hall–Kier alpha value is -2.55. The second kappa shape index (κ2) is 11.5. The number of nitrogens with one attached hydrogen (secondary N) is 3. The van der Waals surface area contributed by atoms with Crippen LogP contribution in [0.1, 0.15) is 79.3 Å². The van der Waals surface area contributed by atoms with Crippen LogP contribution >= 0.6 is 11.8 Å². The normalized spacial score (nSPS) is 24.2. The molecule has 39 heavy (non-hydrogen) atoms. The van der Waals surface area contributed by atoms with Gasteiger partial charge in [0.05, 0.1) is 12.2 Å². The fourth-order valence-electron chi connectivity index (χ4n) is 6.73. The number of hydrogen-bond donors (Lipinski definition) is 3. The minimum atomic E-state index is -0.146. The zero-order valence-electron chi connectivity index (χ0n) is 23.9. The van der Waals surface area contributed by atoms with Crippen molar-refractivity contribution in [3.05, 3.63) is 63.2 Å². The molecule has 1 amide bonds. The first kappa shape index (κ1) is 28.0. The van der Waals surface area contributed by atoms with Crippen LogP contribution in [0.4, 0.5) is 0 Å². The second-order valence-corrected chi connectivity index (χ2v) is 12.6. The number of carbonyl (C=O) groups excluding carboxylic acids is 1. The van der Waals surface area contributed by atoms with Gasteiger partial charge in [-0.05, 0) is 84.1 Å². The van der Waals surface area contributed by atoms with E-state index in [0.717, 1.165) is 59.7 Å². The van der Waals surface area contributed by atoms with Gasteiger partial charge < -0.3 is 24.9 Å². The van der Waals surface area contributed by atoms with E-state index in [1.165, 1.54) is 24.6 Å². The van der Waals surface area contributed by atoms with Crippen LogP contribution in [-0.2, 0) is 11.3 Å². The number of pyridine rings is 1. The molecule has 1 aliphatic heterocycles. The number of hydrogen-bond acceptors (Lipinski definition) is 5. The molecule has 2 fully saturated rings. The maximum absolute atomic E-state index is 13.6. The Bertz CT molecular complexity index is 1400. The first-order valence-electron chi connectivity index (χ1n) is 14.2. The molecule has 7 nitrogen and oxygen atoms in total. The highest BCUT2D eigenvalue weighted by molar-refractivity contribution is 7.98. The number of amides is 1. The zero-order valence-corrected chi connectivity index (χ0v) is 24.7. The van der Waals surface area contributed by atoms with E-state index in [4.69, 9.17) is 4.74 Å². The van der Waals surface area contributed by atoms with Crippen molar-refractivity contribution in [2.24, 2.45) is 5.92 Å². The molecule has 5 rings (SSSR count). The SMILES string of the molecule is CSc1cc(C)[nH]c(=O)c1CNC(=O)c1c(C)n([C@H](C)C2CCC(NC3(C)CCOC3)CC2)c2ccccc12. The Labute approximate surface area is 235 Å². The van der Waals surface area contributed by atoms with Crippen LogP contribution in [0.2, 0.25) is 0 Å². The number of nitrogens with zero attached hydrogens (tertiary/aromatic N) is 1. The average Bonchev–Trinajstić information content (AvgIpc) is 3.47. The van der Waals surface area contributed by atoms with Crippen molar-refractivity contribution in [2.75, 3.05) is 19.5 Å². The predicted octanol–water partition coefficient (Wildman–Crippen LogP) is 5.49. The average molecular weight is 551 g/mol. The summed E-state index contributed by atoms with van der Waals surface area (Å²) in [4.78, 5) is 30.0. The molecule has 1 saturated heterocycles. The maximum atomic E-state index is 13.6. The van der Waals surface area contributed by atoms with Crippen molar-refractivity contribution in [2.45, 2.75) is 88.9 Å². The van der Waals surface area contributed by atoms with Crippen LogP contribution in [-0.4, -0.2) is 46.5 Å². The Kier molecular flexibility index (Phi) is 8.26. The smallest absolute Gasteiger partial charge is 0.254 e. The summed E-state index contributed by atoms with van der Waals surface area (Å²) in [5, 5.41) is 7.90. The van der Waals surface area contributed by atoms with E-state index in [9.17, 15) is 9.59 Å². The molecule has 1 aliphatic carbocycles. The van der Waals surface area contributed by atoms with Crippen LogP contribution in [0.5, 0.6) is 0 Å². The van der Waals surface area contributed by atoms with E-state index < -0.39 is 0 Å². The van der Waals surface area contributed by atoms with Gasteiger partial charge in [-0.25, -0.2) is 0 Å². The van der Waals surface area contributed by atoms with Gasteiger partial charge >= 0.3 is 0 Å². The lowest BCUT2D eigenvalue weighted by Crippen LogP contribution is -2.50. The molecule has 2 aliphatic rings. The molecule has 3 heterocycles. The molecule has 2 atom stereocenters. The number of aromatic nitrogens is 2. The molecule has 8 heteroatoms. The van der Waals surface area contributed by atoms with Crippen molar-refractivity contribution >= 4 is 28.6 Å². The summed E-state index contributed by atoms with van der Waals surface area (Å²) in [6.45, 7) is 10.4. The van der Waals surface area contributed by atoms with E-state index in [1.807, 2.05) is 31.4 Å². The highest BCUT2D eigenvalue weighted by atomic mass is 32.2. The molecular weight excluding hydrogens is 508 g/mol. The van der Waals surface area contributed by atoms with Gasteiger partial charge in [0.2, 0.25) is 0 Å². The molecule has 1 unspecified atom stereocenters. The van der Waals surface area contributed by atoms with E-state index in [-0.39, 0.29) is 29.6 Å². The largest absolute Gasteiger partial charge is 0.379 e. The summed E-state index contributed by atoms with van der Waals surface area (Å²) in [5.41, 5.74) is 4.17. The second-order valence-electron chi connectivity index (χ2n) is 11.7. The van der Waals surface area contributed by atoms with Crippen molar-refractivity contribution in [1.82, 2.24) is 20.2 Å². The predicted molar refractivity (Wildman–Crippen MR) is 159 cm³/mol. The molecule has 3 aromatic rings. The van der Waals surface area contributed by atoms with Crippen LogP contribution < -0.4 is 16.2 Å². The molecule has 0 bridgehead atoms. The Morgan fingerprint density at radius 1 is 1.23 bits per heavy atom. The topological polar surface area (TPSA) is 88.2 Å². The third kappa shape index (κ3) is 5.70. The summed E-state index contributed by atoms with van der Waals surface area (Å²) in [6, 6.07) is 11.0. The Morgan fingerprint density at radius 2 is 1.97 bits per heavy atom. The lowest BCUT2D eigenvalue weighted by molar-refractivity contribution is 0.0951.